The van der Waals surface area contributed by atoms with Gasteiger partial charge in [-0.2, -0.15) is 0 Å². The van der Waals surface area contributed by atoms with Crippen molar-refractivity contribution in [3.63, 3.8) is 0 Å². The molecule has 1 atom stereocenters. The fourth-order valence-corrected chi connectivity index (χ4v) is 2.23. The third kappa shape index (κ3) is 3.12. The molecule has 0 unspecified atom stereocenters. The van der Waals surface area contributed by atoms with Crippen LogP contribution in [0.25, 0.3) is 0 Å². The van der Waals surface area contributed by atoms with Crippen molar-refractivity contribution in [2.75, 3.05) is 5.73 Å². The summed E-state index contributed by atoms with van der Waals surface area (Å²) < 4.78 is 0. The van der Waals surface area contributed by atoms with Crippen LogP contribution in [0.2, 0.25) is 0 Å². The van der Waals surface area contributed by atoms with Crippen molar-refractivity contribution in [2.45, 2.75) is 23.1 Å². The average Bonchev–Trinajstić information content (AvgIpc) is 2.28. The Morgan fingerprint density at radius 1 is 1.39 bits per heavy atom. The molecule has 0 fully saturated rings. The number of aromatic amines is 1. The number of aliphatic hydroxyl groups excluding tert-OH is 1. The summed E-state index contributed by atoms with van der Waals surface area (Å²) in [6.45, 7) is 1.71. The maximum Gasteiger partial charge on any atom is 0.253 e. The lowest BCUT2D eigenvalue weighted by atomic mass is 10.1. The van der Waals surface area contributed by atoms with Crippen molar-refractivity contribution in [2.24, 2.45) is 0 Å². The van der Waals surface area contributed by atoms with Crippen LogP contribution in [0.3, 0.4) is 0 Å². The lowest BCUT2D eigenvalue weighted by Gasteiger charge is -2.05. The van der Waals surface area contributed by atoms with Gasteiger partial charge in [0.05, 0.1) is 6.10 Å². The van der Waals surface area contributed by atoms with Crippen LogP contribution in [0.1, 0.15) is 18.6 Å². The first-order valence-corrected chi connectivity index (χ1v) is 6.19. The Morgan fingerprint density at radius 3 is 2.61 bits per heavy atom. The summed E-state index contributed by atoms with van der Waals surface area (Å²) in [6, 6.07) is 8.61. The second-order valence-electron chi connectivity index (χ2n) is 3.82. The van der Waals surface area contributed by atoms with Crippen LogP contribution in [0.4, 0.5) is 5.82 Å². The molecule has 0 aliphatic heterocycles. The van der Waals surface area contributed by atoms with E-state index in [4.69, 9.17) is 5.73 Å². The van der Waals surface area contributed by atoms with Gasteiger partial charge in [0.1, 0.15) is 5.82 Å². The number of hydrogen-bond acceptors (Lipinski definition) is 5. The van der Waals surface area contributed by atoms with Crippen LogP contribution in [0, 0.1) is 0 Å². The third-order valence-electron chi connectivity index (χ3n) is 2.32. The summed E-state index contributed by atoms with van der Waals surface area (Å²) in [4.78, 5) is 18.8. The van der Waals surface area contributed by atoms with Gasteiger partial charge in [-0.1, -0.05) is 23.9 Å². The number of nitrogens with zero attached hydrogens (tertiary/aromatic N) is 1. The Bertz CT molecular complexity index is 593. The summed E-state index contributed by atoms with van der Waals surface area (Å²) in [6.07, 6.45) is -0.491. The van der Waals surface area contributed by atoms with Gasteiger partial charge < -0.3 is 15.8 Å². The number of aromatic nitrogens is 2. The van der Waals surface area contributed by atoms with E-state index in [1.165, 1.54) is 17.8 Å². The molecule has 1 aromatic carbocycles. The predicted octanol–water partition coefficient (Wildman–Crippen LogP) is 1.56. The Labute approximate surface area is 108 Å². The lowest BCUT2D eigenvalue weighted by molar-refractivity contribution is 0.199. The van der Waals surface area contributed by atoms with Crippen LogP contribution >= 0.6 is 11.8 Å². The van der Waals surface area contributed by atoms with Crippen molar-refractivity contribution in [3.8, 4) is 0 Å². The molecule has 2 rings (SSSR count). The molecule has 2 aromatic rings. The number of aliphatic hydroxyl groups is 1. The van der Waals surface area contributed by atoms with Gasteiger partial charge in [0.25, 0.3) is 5.56 Å². The fourth-order valence-electron chi connectivity index (χ4n) is 1.43. The standard InChI is InChI=1S/C12H13N3O2S/c1-7(16)8-2-4-9(5-3-8)18-12-14-10(13)6-11(17)15-12/h2-7,16H,1H3,(H3,13,14,15,17)/t7-/m0/s1. The quantitative estimate of drug-likeness (QED) is 0.731. The monoisotopic (exact) mass is 263 g/mol. The molecular formula is C12H13N3O2S. The Balaban J connectivity index is 2.20. The number of benzene rings is 1. The van der Waals surface area contributed by atoms with E-state index < -0.39 is 6.10 Å². The fraction of sp³-hybridized carbons (Fsp3) is 0.167. The summed E-state index contributed by atoms with van der Waals surface area (Å²) in [5.41, 5.74) is 6.07. The molecular weight excluding hydrogens is 250 g/mol. The van der Waals surface area contributed by atoms with E-state index >= 15 is 0 Å². The minimum atomic E-state index is -0.491. The van der Waals surface area contributed by atoms with Gasteiger partial charge >= 0.3 is 0 Å². The van der Waals surface area contributed by atoms with Gasteiger partial charge in [0.2, 0.25) is 0 Å². The van der Waals surface area contributed by atoms with Crippen molar-refractivity contribution < 1.29 is 5.11 Å². The van der Waals surface area contributed by atoms with Crippen molar-refractivity contribution in [3.05, 3.63) is 46.2 Å². The number of nitrogen functional groups attached to an aromatic ring is 1. The Kier molecular flexibility index (Phi) is 3.69. The smallest absolute Gasteiger partial charge is 0.253 e. The zero-order valence-corrected chi connectivity index (χ0v) is 10.6. The number of nitrogens with two attached hydrogens (primary N) is 1. The molecule has 1 heterocycles. The summed E-state index contributed by atoms with van der Waals surface area (Å²) >= 11 is 1.31. The van der Waals surface area contributed by atoms with E-state index in [1.54, 1.807) is 6.92 Å². The summed E-state index contributed by atoms with van der Waals surface area (Å²) in [5, 5.41) is 9.84. The SMILES string of the molecule is C[C@H](O)c1ccc(Sc2nc(N)cc(=O)[nH]2)cc1. The maximum atomic E-state index is 11.2. The first-order chi connectivity index (χ1) is 8.54. The van der Waals surface area contributed by atoms with E-state index in [1.807, 2.05) is 24.3 Å². The minimum absolute atomic E-state index is 0.196. The highest BCUT2D eigenvalue weighted by atomic mass is 32.2. The van der Waals surface area contributed by atoms with E-state index in [0.717, 1.165) is 10.5 Å². The first-order valence-electron chi connectivity index (χ1n) is 5.37. The normalized spacial score (nSPS) is 12.3. The predicted molar refractivity (Wildman–Crippen MR) is 70.5 cm³/mol. The topological polar surface area (TPSA) is 92.0 Å². The number of anilines is 1. The third-order valence-corrected chi connectivity index (χ3v) is 3.21. The number of H-pyrrole nitrogens is 1. The number of hydrogen-bond donors (Lipinski definition) is 3. The van der Waals surface area contributed by atoms with Gasteiger partial charge in [-0.25, -0.2) is 4.98 Å². The highest BCUT2D eigenvalue weighted by molar-refractivity contribution is 7.99. The highest BCUT2D eigenvalue weighted by Crippen LogP contribution is 2.25. The number of nitrogens with one attached hydrogen (secondary N) is 1. The molecule has 18 heavy (non-hydrogen) atoms. The number of rotatable bonds is 3. The van der Waals surface area contributed by atoms with E-state index in [-0.39, 0.29) is 11.4 Å². The maximum absolute atomic E-state index is 11.2. The Morgan fingerprint density at radius 2 is 2.06 bits per heavy atom. The van der Waals surface area contributed by atoms with Crippen molar-refractivity contribution in [1.82, 2.24) is 9.97 Å². The summed E-state index contributed by atoms with van der Waals surface area (Å²) in [5.74, 6) is 0.196. The molecule has 0 saturated heterocycles. The van der Waals surface area contributed by atoms with Crippen molar-refractivity contribution >= 4 is 17.6 Å². The minimum Gasteiger partial charge on any atom is -0.389 e. The molecule has 94 valence electrons. The van der Waals surface area contributed by atoms with Gasteiger partial charge in [0.15, 0.2) is 5.16 Å². The van der Waals surface area contributed by atoms with E-state index in [9.17, 15) is 9.90 Å². The van der Waals surface area contributed by atoms with Gasteiger partial charge in [-0.15, -0.1) is 0 Å². The summed E-state index contributed by atoms with van der Waals surface area (Å²) in [7, 11) is 0. The van der Waals surface area contributed by atoms with Gasteiger partial charge in [-0.3, -0.25) is 4.79 Å². The largest absolute Gasteiger partial charge is 0.389 e. The lowest BCUT2D eigenvalue weighted by Crippen LogP contribution is -2.09. The molecule has 0 saturated carbocycles. The van der Waals surface area contributed by atoms with Gasteiger partial charge in [-0.05, 0) is 24.6 Å². The average molecular weight is 263 g/mol. The van der Waals surface area contributed by atoms with Crippen molar-refractivity contribution in [1.29, 1.82) is 0 Å². The van der Waals surface area contributed by atoms with Crippen LogP contribution < -0.4 is 11.3 Å². The highest BCUT2D eigenvalue weighted by Gasteiger charge is 2.04. The molecule has 0 aliphatic carbocycles. The molecule has 4 N–H and O–H groups in total. The Hall–Kier alpha value is -1.79. The molecule has 0 aliphatic rings. The molecule has 0 bridgehead atoms. The van der Waals surface area contributed by atoms with E-state index in [0.29, 0.717) is 5.16 Å². The van der Waals surface area contributed by atoms with E-state index in [2.05, 4.69) is 9.97 Å². The van der Waals surface area contributed by atoms with Crippen LogP contribution in [-0.2, 0) is 0 Å². The van der Waals surface area contributed by atoms with Crippen LogP contribution in [0.15, 0.2) is 45.2 Å². The second kappa shape index (κ2) is 5.24. The molecule has 0 radical (unpaired) electrons. The molecule has 0 amide bonds. The molecule has 0 spiro atoms. The zero-order chi connectivity index (χ0) is 13.1. The molecule has 1 aromatic heterocycles. The molecule has 5 nitrogen and oxygen atoms in total. The second-order valence-corrected chi connectivity index (χ2v) is 4.88. The van der Waals surface area contributed by atoms with Crippen LogP contribution in [0.5, 0.6) is 0 Å². The van der Waals surface area contributed by atoms with Crippen LogP contribution in [-0.4, -0.2) is 15.1 Å². The van der Waals surface area contributed by atoms with Gasteiger partial charge in [0, 0.05) is 11.0 Å². The zero-order valence-electron chi connectivity index (χ0n) is 9.75. The first kappa shape index (κ1) is 12.7. The molecule has 6 heteroatoms.